The van der Waals surface area contributed by atoms with E-state index in [1.807, 2.05) is 42.5 Å². The molecule has 2 aromatic rings. The lowest BCUT2D eigenvalue weighted by molar-refractivity contribution is -0.205. The number of benzene rings is 2. The molecular formula is C27H33F3N2O3. The van der Waals surface area contributed by atoms with Crippen LogP contribution in [-0.2, 0) is 11.2 Å². The van der Waals surface area contributed by atoms with E-state index in [9.17, 15) is 23.1 Å². The fraction of sp³-hybridized carbons (Fsp3) is 0.519. The van der Waals surface area contributed by atoms with Crippen molar-refractivity contribution in [1.29, 1.82) is 0 Å². The third kappa shape index (κ3) is 6.84. The molecule has 5 nitrogen and oxygen atoms in total. The van der Waals surface area contributed by atoms with Gasteiger partial charge in [0.15, 0.2) is 0 Å². The van der Waals surface area contributed by atoms with Crippen LogP contribution >= 0.6 is 0 Å². The SMILES string of the molecule is CC(C)(O)Cc1ccc(C(=O)N2CCC3(CC2)CN(CC(F)(F)F)CC(c2ccccc2)O3)cc1. The van der Waals surface area contributed by atoms with Gasteiger partial charge >= 0.3 is 6.18 Å². The Balaban J connectivity index is 1.44. The van der Waals surface area contributed by atoms with E-state index in [-0.39, 0.29) is 19.0 Å². The number of likely N-dealkylation sites (tertiary alicyclic amines) is 1. The lowest BCUT2D eigenvalue weighted by Gasteiger charge is -2.50. The second-order valence-electron chi connectivity index (χ2n) is 10.5. The molecule has 4 rings (SSSR count). The van der Waals surface area contributed by atoms with Crippen molar-refractivity contribution in [2.45, 2.75) is 56.6 Å². The molecule has 1 atom stereocenters. The van der Waals surface area contributed by atoms with Crippen molar-refractivity contribution < 1.29 is 27.8 Å². The fourth-order valence-corrected chi connectivity index (χ4v) is 5.14. The molecule has 1 amide bonds. The first-order valence-corrected chi connectivity index (χ1v) is 12.0. The average Bonchev–Trinajstić information content (AvgIpc) is 2.78. The summed E-state index contributed by atoms with van der Waals surface area (Å²) in [6.07, 6.45) is -3.28. The molecule has 2 saturated heterocycles. The first kappa shape index (κ1) is 25.7. The summed E-state index contributed by atoms with van der Waals surface area (Å²) in [4.78, 5) is 16.3. The number of carbonyl (C=O) groups is 1. The maximum absolute atomic E-state index is 13.3. The van der Waals surface area contributed by atoms with E-state index in [1.54, 1.807) is 30.9 Å². The van der Waals surface area contributed by atoms with Crippen LogP contribution in [0.15, 0.2) is 54.6 Å². The topological polar surface area (TPSA) is 53.0 Å². The molecule has 2 heterocycles. The third-order valence-electron chi connectivity index (χ3n) is 6.70. The Morgan fingerprint density at radius 1 is 1.06 bits per heavy atom. The van der Waals surface area contributed by atoms with E-state index in [0.29, 0.717) is 37.9 Å². The lowest BCUT2D eigenvalue weighted by atomic mass is 9.87. The number of halogens is 3. The molecule has 0 aromatic heterocycles. The molecule has 0 radical (unpaired) electrons. The Hall–Kier alpha value is -2.42. The Bertz CT molecular complexity index is 995. The van der Waals surface area contributed by atoms with Gasteiger partial charge in [0.05, 0.1) is 23.9 Å². The molecule has 1 N–H and O–H groups in total. The highest BCUT2D eigenvalue weighted by Gasteiger charge is 2.46. The van der Waals surface area contributed by atoms with Gasteiger partial charge in [0.1, 0.15) is 0 Å². The van der Waals surface area contributed by atoms with E-state index >= 15 is 0 Å². The van der Waals surface area contributed by atoms with E-state index in [0.717, 1.165) is 11.1 Å². The Morgan fingerprint density at radius 3 is 2.26 bits per heavy atom. The number of alkyl halides is 3. The van der Waals surface area contributed by atoms with Crippen LogP contribution in [0.5, 0.6) is 0 Å². The monoisotopic (exact) mass is 490 g/mol. The van der Waals surface area contributed by atoms with Crippen molar-refractivity contribution in [1.82, 2.24) is 9.80 Å². The molecule has 8 heteroatoms. The number of hydrogen-bond acceptors (Lipinski definition) is 4. The van der Waals surface area contributed by atoms with Gasteiger partial charge in [-0.2, -0.15) is 13.2 Å². The van der Waals surface area contributed by atoms with Crippen LogP contribution in [-0.4, -0.2) is 70.9 Å². The molecule has 0 aliphatic carbocycles. The van der Waals surface area contributed by atoms with Crippen molar-refractivity contribution in [2.24, 2.45) is 0 Å². The third-order valence-corrected chi connectivity index (χ3v) is 6.70. The minimum atomic E-state index is -4.28. The van der Waals surface area contributed by atoms with Crippen LogP contribution in [0.3, 0.4) is 0 Å². The minimum Gasteiger partial charge on any atom is -0.390 e. The molecule has 2 aliphatic rings. The standard InChI is InChI=1S/C27H33F3N2O3/c1-25(2,34)16-20-8-10-22(11-9-20)24(33)32-14-12-26(13-15-32)18-31(19-27(28,29)30)17-23(35-26)21-6-4-3-5-7-21/h3-11,23,34H,12-19H2,1-2H3. The Labute approximate surface area is 204 Å². The van der Waals surface area contributed by atoms with Crippen molar-refractivity contribution in [3.63, 3.8) is 0 Å². The smallest absolute Gasteiger partial charge is 0.390 e. The summed E-state index contributed by atoms with van der Waals surface area (Å²) in [5, 5.41) is 9.99. The minimum absolute atomic E-state index is 0.0998. The molecule has 0 saturated carbocycles. The lowest BCUT2D eigenvalue weighted by Crippen LogP contribution is -2.59. The van der Waals surface area contributed by atoms with E-state index in [4.69, 9.17) is 4.74 Å². The highest BCUT2D eigenvalue weighted by Crippen LogP contribution is 2.39. The summed E-state index contributed by atoms with van der Waals surface area (Å²) in [6, 6.07) is 16.6. The maximum Gasteiger partial charge on any atom is 0.401 e. The summed E-state index contributed by atoms with van der Waals surface area (Å²) in [5.74, 6) is -0.0998. The van der Waals surface area contributed by atoms with E-state index in [1.165, 1.54) is 4.90 Å². The zero-order valence-electron chi connectivity index (χ0n) is 20.2. The molecule has 190 valence electrons. The quantitative estimate of drug-likeness (QED) is 0.665. The second kappa shape index (κ2) is 9.91. The number of ether oxygens (including phenoxy) is 1. The molecule has 2 aliphatic heterocycles. The van der Waals surface area contributed by atoms with Crippen LogP contribution in [0.1, 0.15) is 54.3 Å². The van der Waals surface area contributed by atoms with Gasteiger partial charge < -0.3 is 14.7 Å². The number of piperidine rings is 1. The van der Waals surface area contributed by atoms with Crippen molar-refractivity contribution in [3.8, 4) is 0 Å². The highest BCUT2D eigenvalue weighted by molar-refractivity contribution is 5.94. The largest absolute Gasteiger partial charge is 0.401 e. The van der Waals surface area contributed by atoms with Crippen LogP contribution in [0.4, 0.5) is 13.2 Å². The fourth-order valence-electron chi connectivity index (χ4n) is 5.14. The molecule has 0 bridgehead atoms. The summed E-state index contributed by atoms with van der Waals surface area (Å²) >= 11 is 0. The predicted molar refractivity (Wildman–Crippen MR) is 127 cm³/mol. The Morgan fingerprint density at radius 2 is 1.69 bits per heavy atom. The zero-order valence-corrected chi connectivity index (χ0v) is 20.2. The van der Waals surface area contributed by atoms with Gasteiger partial charge in [-0.1, -0.05) is 42.5 Å². The molecule has 1 unspecified atom stereocenters. The first-order valence-electron chi connectivity index (χ1n) is 12.0. The summed E-state index contributed by atoms with van der Waals surface area (Å²) in [6.45, 7) is 3.73. The van der Waals surface area contributed by atoms with Gasteiger partial charge in [-0.3, -0.25) is 9.69 Å². The number of nitrogens with zero attached hydrogens (tertiary/aromatic N) is 2. The number of amides is 1. The van der Waals surface area contributed by atoms with Crippen molar-refractivity contribution >= 4 is 5.91 Å². The first-order chi connectivity index (χ1) is 16.4. The van der Waals surface area contributed by atoms with Gasteiger partial charge in [0.25, 0.3) is 5.91 Å². The van der Waals surface area contributed by atoms with Crippen LogP contribution in [0.2, 0.25) is 0 Å². The zero-order chi connectivity index (χ0) is 25.3. The number of morpholine rings is 1. The molecule has 2 aromatic carbocycles. The summed E-state index contributed by atoms with van der Waals surface area (Å²) in [7, 11) is 0. The number of carbonyl (C=O) groups excluding carboxylic acids is 1. The second-order valence-corrected chi connectivity index (χ2v) is 10.5. The Kier molecular flexibility index (Phi) is 7.27. The van der Waals surface area contributed by atoms with Gasteiger partial charge in [-0.05, 0) is 49.9 Å². The normalized spacial score (nSPS) is 21.3. The average molecular weight is 491 g/mol. The summed E-state index contributed by atoms with van der Waals surface area (Å²) in [5.41, 5.74) is 0.815. The van der Waals surface area contributed by atoms with Crippen molar-refractivity contribution in [3.05, 3.63) is 71.3 Å². The molecular weight excluding hydrogens is 457 g/mol. The molecule has 1 spiro atoms. The van der Waals surface area contributed by atoms with Gasteiger partial charge in [0, 0.05) is 38.2 Å². The number of hydrogen-bond donors (Lipinski definition) is 1. The predicted octanol–water partition coefficient (Wildman–Crippen LogP) is 4.61. The van der Waals surface area contributed by atoms with Gasteiger partial charge in [-0.15, -0.1) is 0 Å². The van der Waals surface area contributed by atoms with Crippen LogP contribution < -0.4 is 0 Å². The van der Waals surface area contributed by atoms with Crippen LogP contribution in [0.25, 0.3) is 0 Å². The number of rotatable bonds is 5. The summed E-state index contributed by atoms with van der Waals surface area (Å²) < 4.78 is 46.2. The van der Waals surface area contributed by atoms with Gasteiger partial charge in [0.2, 0.25) is 0 Å². The van der Waals surface area contributed by atoms with Gasteiger partial charge in [-0.25, -0.2) is 0 Å². The van der Waals surface area contributed by atoms with E-state index < -0.39 is 30.0 Å². The maximum atomic E-state index is 13.3. The van der Waals surface area contributed by atoms with Crippen LogP contribution in [0, 0.1) is 0 Å². The highest BCUT2D eigenvalue weighted by atomic mass is 19.4. The molecule has 35 heavy (non-hydrogen) atoms. The number of aliphatic hydroxyl groups is 1. The van der Waals surface area contributed by atoms with Crippen molar-refractivity contribution in [2.75, 3.05) is 32.7 Å². The molecule has 2 fully saturated rings. The van der Waals surface area contributed by atoms with E-state index in [2.05, 4.69) is 0 Å².